The summed E-state index contributed by atoms with van der Waals surface area (Å²) in [6.07, 6.45) is 7.77. The van der Waals surface area contributed by atoms with Gasteiger partial charge in [-0.2, -0.15) is 5.06 Å². The molecule has 18 heavy (non-hydrogen) atoms. The third-order valence-corrected chi connectivity index (χ3v) is 4.17. The summed E-state index contributed by atoms with van der Waals surface area (Å²) in [4.78, 5) is 18.1. The van der Waals surface area contributed by atoms with Crippen LogP contribution in [0, 0.1) is 0 Å². The fourth-order valence-electron chi connectivity index (χ4n) is 3.60. The molecule has 1 heterocycles. The maximum Gasteiger partial charge on any atom is 0.136 e. The van der Waals surface area contributed by atoms with Gasteiger partial charge in [-0.1, -0.05) is 19.3 Å². The van der Waals surface area contributed by atoms with Crippen LogP contribution in [0.5, 0.6) is 0 Å². The molecule has 0 atom stereocenters. The van der Waals surface area contributed by atoms with Gasteiger partial charge in [0.2, 0.25) is 0 Å². The summed E-state index contributed by atoms with van der Waals surface area (Å²) in [5, 5.41) is 2.12. The lowest BCUT2D eigenvalue weighted by molar-refractivity contribution is -0.302. The molecule has 0 radical (unpaired) electrons. The zero-order valence-electron chi connectivity index (χ0n) is 12.3. The third kappa shape index (κ3) is 2.94. The molecule has 0 aromatic heterocycles. The molecule has 1 saturated carbocycles. The van der Waals surface area contributed by atoms with Crippen LogP contribution >= 0.6 is 0 Å². The van der Waals surface area contributed by atoms with E-state index >= 15 is 0 Å². The van der Waals surface area contributed by atoms with Gasteiger partial charge in [0.15, 0.2) is 0 Å². The largest absolute Gasteiger partial charge is 0.300 e. The van der Waals surface area contributed by atoms with E-state index in [9.17, 15) is 4.79 Å². The van der Waals surface area contributed by atoms with Crippen LogP contribution < -0.4 is 0 Å². The molecule has 0 N–H and O–H groups in total. The van der Waals surface area contributed by atoms with Gasteiger partial charge in [0.25, 0.3) is 0 Å². The first-order chi connectivity index (χ1) is 8.31. The first-order valence-electron chi connectivity index (χ1n) is 7.30. The molecule has 106 valence electrons. The summed E-state index contributed by atoms with van der Waals surface area (Å²) in [6.45, 7) is 8.48. The lowest BCUT2D eigenvalue weighted by atomic mass is 9.81. The molecule has 1 aliphatic carbocycles. The van der Waals surface area contributed by atoms with Crippen molar-refractivity contribution in [1.29, 1.82) is 0 Å². The standard InChI is InChI=1S/C15H27NO2.H2/c1-14(2)10-12(17)11-15(3,4)16(14)18-13-8-6-5-7-9-13;/h13H,5-11H2,1-4H3;1H. The Morgan fingerprint density at radius 2 is 1.56 bits per heavy atom. The van der Waals surface area contributed by atoms with E-state index in [1.807, 2.05) is 0 Å². The SMILES string of the molecule is CC1(C)CC(=O)CC(C)(C)N1OC1CCCCC1.[HH]. The lowest BCUT2D eigenvalue weighted by Gasteiger charge is -2.52. The highest BCUT2D eigenvalue weighted by molar-refractivity contribution is 5.81. The van der Waals surface area contributed by atoms with Gasteiger partial charge in [0, 0.05) is 25.3 Å². The molecule has 2 fully saturated rings. The van der Waals surface area contributed by atoms with Crippen molar-refractivity contribution in [3.63, 3.8) is 0 Å². The average Bonchev–Trinajstić information content (AvgIpc) is 2.23. The predicted octanol–water partition coefficient (Wildman–Crippen LogP) is 3.72. The average molecular weight is 255 g/mol. The van der Waals surface area contributed by atoms with Crippen LogP contribution in [-0.2, 0) is 9.63 Å². The van der Waals surface area contributed by atoms with E-state index in [0.29, 0.717) is 24.7 Å². The molecule has 0 spiro atoms. The smallest absolute Gasteiger partial charge is 0.136 e. The number of hydrogen-bond acceptors (Lipinski definition) is 3. The van der Waals surface area contributed by atoms with E-state index in [-0.39, 0.29) is 12.5 Å². The Balaban J connectivity index is 0.00000180. The second-order valence-electron chi connectivity index (χ2n) is 7.18. The highest BCUT2D eigenvalue weighted by atomic mass is 16.7. The fourth-order valence-corrected chi connectivity index (χ4v) is 3.60. The zero-order chi connectivity index (χ0) is 13.4. The Kier molecular flexibility index (Phi) is 3.84. The van der Waals surface area contributed by atoms with Crippen molar-refractivity contribution in [2.45, 2.75) is 89.8 Å². The van der Waals surface area contributed by atoms with E-state index in [1.54, 1.807) is 0 Å². The van der Waals surface area contributed by atoms with Crippen LogP contribution in [0.3, 0.4) is 0 Å². The van der Waals surface area contributed by atoms with E-state index in [2.05, 4.69) is 32.8 Å². The minimum Gasteiger partial charge on any atom is -0.300 e. The van der Waals surface area contributed by atoms with Gasteiger partial charge in [0.05, 0.1) is 6.10 Å². The number of ketones is 1. The number of carbonyl (C=O) groups excluding carboxylic acids is 1. The van der Waals surface area contributed by atoms with Crippen molar-refractivity contribution in [3.8, 4) is 0 Å². The van der Waals surface area contributed by atoms with Gasteiger partial charge in [0.1, 0.15) is 5.78 Å². The number of hydrogen-bond donors (Lipinski definition) is 0. The van der Waals surface area contributed by atoms with Gasteiger partial charge in [-0.15, -0.1) is 0 Å². The number of piperidine rings is 1. The topological polar surface area (TPSA) is 29.5 Å². The molecule has 0 aromatic rings. The van der Waals surface area contributed by atoms with Gasteiger partial charge in [-0.05, 0) is 40.5 Å². The second-order valence-corrected chi connectivity index (χ2v) is 7.18. The van der Waals surface area contributed by atoms with Gasteiger partial charge >= 0.3 is 0 Å². The number of carbonyl (C=O) groups is 1. The van der Waals surface area contributed by atoms with Gasteiger partial charge < -0.3 is 0 Å². The summed E-state index contributed by atoms with van der Waals surface area (Å²) in [5.41, 5.74) is -0.368. The third-order valence-electron chi connectivity index (χ3n) is 4.17. The number of nitrogens with zero attached hydrogens (tertiary/aromatic N) is 1. The van der Waals surface area contributed by atoms with E-state index < -0.39 is 0 Å². The molecular formula is C15H29NO2. The van der Waals surface area contributed by atoms with Crippen molar-refractivity contribution < 1.29 is 11.1 Å². The molecule has 0 amide bonds. The highest BCUT2D eigenvalue weighted by Crippen LogP contribution is 2.38. The number of hydroxylamine groups is 2. The van der Waals surface area contributed by atoms with Crippen molar-refractivity contribution in [3.05, 3.63) is 0 Å². The molecule has 1 saturated heterocycles. The maximum absolute atomic E-state index is 11.8. The van der Waals surface area contributed by atoms with E-state index in [1.165, 1.54) is 19.3 Å². The van der Waals surface area contributed by atoms with Crippen LogP contribution in [0.2, 0.25) is 0 Å². The summed E-state index contributed by atoms with van der Waals surface area (Å²) in [6, 6.07) is 0. The molecule has 2 rings (SSSR count). The van der Waals surface area contributed by atoms with Crippen LogP contribution in [0.4, 0.5) is 0 Å². The van der Waals surface area contributed by atoms with Crippen LogP contribution in [0.25, 0.3) is 0 Å². The summed E-state index contributed by atoms with van der Waals surface area (Å²) in [5.74, 6) is 0.355. The summed E-state index contributed by atoms with van der Waals surface area (Å²) in [7, 11) is 0. The zero-order valence-corrected chi connectivity index (χ0v) is 12.3. The van der Waals surface area contributed by atoms with E-state index in [4.69, 9.17) is 4.84 Å². The lowest BCUT2D eigenvalue weighted by Crippen LogP contribution is -2.61. The second kappa shape index (κ2) is 4.93. The highest BCUT2D eigenvalue weighted by Gasteiger charge is 2.47. The summed E-state index contributed by atoms with van der Waals surface area (Å²) >= 11 is 0. The molecule has 0 aromatic carbocycles. The number of rotatable bonds is 2. The van der Waals surface area contributed by atoms with Crippen molar-refractivity contribution in [2.75, 3.05) is 0 Å². The van der Waals surface area contributed by atoms with Crippen molar-refractivity contribution in [2.24, 2.45) is 0 Å². The molecule has 2 aliphatic rings. The van der Waals surface area contributed by atoms with Crippen molar-refractivity contribution in [1.82, 2.24) is 5.06 Å². The van der Waals surface area contributed by atoms with Gasteiger partial charge in [-0.3, -0.25) is 9.63 Å². The van der Waals surface area contributed by atoms with E-state index in [0.717, 1.165) is 12.8 Å². The molecule has 0 bridgehead atoms. The van der Waals surface area contributed by atoms with Crippen LogP contribution in [0.1, 0.15) is 74.1 Å². The predicted molar refractivity (Wildman–Crippen MR) is 74.3 cm³/mol. The quantitative estimate of drug-likeness (QED) is 0.753. The Hall–Kier alpha value is -0.410. The monoisotopic (exact) mass is 255 g/mol. The number of Topliss-reactive ketones (excluding diaryl/α,β-unsaturated/α-hetero) is 1. The Labute approximate surface area is 112 Å². The van der Waals surface area contributed by atoms with Gasteiger partial charge in [-0.25, -0.2) is 0 Å². The first-order valence-corrected chi connectivity index (χ1v) is 7.30. The maximum atomic E-state index is 11.8. The Morgan fingerprint density at radius 1 is 1.06 bits per heavy atom. The molecule has 3 nitrogen and oxygen atoms in total. The molecule has 3 heteroatoms. The van der Waals surface area contributed by atoms with Crippen LogP contribution in [-0.4, -0.2) is 28.0 Å². The normalized spacial score (nSPS) is 29.4. The fraction of sp³-hybridized carbons (Fsp3) is 0.933. The Bertz CT molecular complexity index is 302. The molecule has 1 aliphatic heterocycles. The van der Waals surface area contributed by atoms with Crippen LogP contribution in [0.15, 0.2) is 0 Å². The molecular weight excluding hydrogens is 226 g/mol. The van der Waals surface area contributed by atoms with Crippen molar-refractivity contribution >= 4 is 5.78 Å². The summed E-state index contributed by atoms with van der Waals surface area (Å²) < 4.78 is 0. The minimum absolute atomic E-state index is 0. The minimum atomic E-state index is -0.184. The Morgan fingerprint density at radius 3 is 2.06 bits per heavy atom. The molecule has 0 unspecified atom stereocenters. The first kappa shape index (κ1) is 14.0.